The van der Waals surface area contributed by atoms with E-state index >= 15 is 0 Å². The van der Waals surface area contributed by atoms with Crippen molar-refractivity contribution < 1.29 is 13.2 Å². The Bertz CT molecular complexity index is 457. The highest BCUT2D eigenvalue weighted by molar-refractivity contribution is 7.89. The molecule has 0 radical (unpaired) electrons. The van der Waals surface area contributed by atoms with Gasteiger partial charge in [-0.1, -0.05) is 0 Å². The molecule has 0 aliphatic heterocycles. The van der Waals surface area contributed by atoms with Crippen LogP contribution in [0.25, 0.3) is 0 Å². The van der Waals surface area contributed by atoms with Crippen LogP contribution in [0, 0.1) is 0 Å². The van der Waals surface area contributed by atoms with Crippen LogP contribution in [0.15, 0.2) is 29.2 Å². The van der Waals surface area contributed by atoms with Crippen LogP contribution in [0.3, 0.4) is 0 Å². The maximum atomic E-state index is 11.5. The van der Waals surface area contributed by atoms with Crippen molar-refractivity contribution >= 4 is 15.7 Å². The number of rotatable bonds is 7. The fourth-order valence-electron chi connectivity index (χ4n) is 1.47. The van der Waals surface area contributed by atoms with Crippen molar-refractivity contribution in [2.24, 2.45) is 0 Å². The molecule has 0 aliphatic carbocycles. The van der Waals surface area contributed by atoms with Gasteiger partial charge in [0.25, 0.3) is 0 Å². The van der Waals surface area contributed by atoms with Gasteiger partial charge in [-0.3, -0.25) is 0 Å². The van der Waals surface area contributed by atoms with Crippen LogP contribution < -0.4 is 10.0 Å². The number of ether oxygens (including phenoxy) is 1. The van der Waals surface area contributed by atoms with Gasteiger partial charge < -0.3 is 10.1 Å². The standard InChI is InChI=1S/C12H20N2O3S/c1-4-17-9-10(2)14-11-5-7-12(8-6-11)18(15,16)13-3/h5-8,10,13-14H,4,9H2,1-3H3. The van der Waals surface area contributed by atoms with E-state index in [0.717, 1.165) is 5.69 Å². The molecule has 2 N–H and O–H groups in total. The predicted octanol–water partition coefficient (Wildman–Crippen LogP) is 1.43. The van der Waals surface area contributed by atoms with Crippen LogP contribution in [0.4, 0.5) is 5.69 Å². The highest BCUT2D eigenvalue weighted by Gasteiger charge is 2.10. The molecule has 0 spiro atoms. The molecule has 1 aromatic carbocycles. The van der Waals surface area contributed by atoms with E-state index in [2.05, 4.69) is 10.0 Å². The molecule has 1 atom stereocenters. The quantitative estimate of drug-likeness (QED) is 0.788. The molecule has 1 unspecified atom stereocenters. The molecule has 0 heterocycles. The summed E-state index contributed by atoms with van der Waals surface area (Å²) in [6.07, 6.45) is 0. The average molecular weight is 272 g/mol. The summed E-state index contributed by atoms with van der Waals surface area (Å²) in [6.45, 7) is 5.26. The molecule has 0 amide bonds. The molecule has 102 valence electrons. The summed E-state index contributed by atoms with van der Waals surface area (Å²) >= 11 is 0. The summed E-state index contributed by atoms with van der Waals surface area (Å²) in [4.78, 5) is 0.257. The molecule has 0 saturated heterocycles. The van der Waals surface area contributed by atoms with Crippen molar-refractivity contribution in [1.29, 1.82) is 0 Å². The van der Waals surface area contributed by atoms with Crippen molar-refractivity contribution in [3.63, 3.8) is 0 Å². The third kappa shape index (κ3) is 4.29. The van der Waals surface area contributed by atoms with Crippen molar-refractivity contribution in [3.8, 4) is 0 Å². The van der Waals surface area contributed by atoms with E-state index in [9.17, 15) is 8.42 Å². The predicted molar refractivity (Wildman–Crippen MR) is 72.3 cm³/mol. The van der Waals surface area contributed by atoms with Crippen LogP contribution in [-0.2, 0) is 14.8 Å². The fourth-order valence-corrected chi connectivity index (χ4v) is 2.20. The third-order valence-corrected chi connectivity index (χ3v) is 3.85. The number of nitrogens with one attached hydrogen (secondary N) is 2. The van der Waals surface area contributed by atoms with Crippen molar-refractivity contribution in [1.82, 2.24) is 4.72 Å². The van der Waals surface area contributed by atoms with E-state index in [0.29, 0.717) is 13.2 Å². The zero-order valence-electron chi connectivity index (χ0n) is 10.9. The molecule has 0 aliphatic rings. The summed E-state index contributed by atoms with van der Waals surface area (Å²) in [5, 5.41) is 3.23. The Labute approximate surface area is 109 Å². The number of benzene rings is 1. The molecule has 0 saturated carbocycles. The molecular formula is C12H20N2O3S. The molecule has 0 bridgehead atoms. The highest BCUT2D eigenvalue weighted by atomic mass is 32.2. The lowest BCUT2D eigenvalue weighted by Gasteiger charge is -2.15. The molecular weight excluding hydrogens is 252 g/mol. The van der Waals surface area contributed by atoms with E-state index in [4.69, 9.17) is 4.74 Å². The number of anilines is 1. The van der Waals surface area contributed by atoms with Crippen LogP contribution in [0.1, 0.15) is 13.8 Å². The highest BCUT2D eigenvalue weighted by Crippen LogP contribution is 2.14. The van der Waals surface area contributed by atoms with E-state index < -0.39 is 10.0 Å². The molecule has 1 rings (SSSR count). The van der Waals surface area contributed by atoms with Gasteiger partial charge in [-0.2, -0.15) is 0 Å². The lowest BCUT2D eigenvalue weighted by Crippen LogP contribution is -2.22. The summed E-state index contributed by atoms with van der Waals surface area (Å²) < 4.78 is 30.6. The SMILES string of the molecule is CCOCC(C)Nc1ccc(S(=O)(=O)NC)cc1. The molecule has 0 aromatic heterocycles. The van der Waals surface area contributed by atoms with Gasteiger partial charge in [0.2, 0.25) is 10.0 Å². The fraction of sp³-hybridized carbons (Fsp3) is 0.500. The van der Waals surface area contributed by atoms with Gasteiger partial charge in [-0.05, 0) is 45.2 Å². The van der Waals surface area contributed by atoms with Gasteiger partial charge in [0.15, 0.2) is 0 Å². The second-order valence-corrected chi connectivity index (χ2v) is 5.82. The lowest BCUT2D eigenvalue weighted by atomic mass is 10.3. The molecule has 0 fully saturated rings. The first-order chi connectivity index (χ1) is 8.49. The van der Waals surface area contributed by atoms with Gasteiger partial charge in [0, 0.05) is 18.3 Å². The van der Waals surface area contributed by atoms with E-state index in [1.54, 1.807) is 24.3 Å². The topological polar surface area (TPSA) is 67.4 Å². The zero-order chi connectivity index (χ0) is 13.6. The molecule has 6 heteroatoms. The Morgan fingerprint density at radius 1 is 1.28 bits per heavy atom. The summed E-state index contributed by atoms with van der Waals surface area (Å²) in [7, 11) is -1.97. The van der Waals surface area contributed by atoms with Crippen LogP contribution in [0.2, 0.25) is 0 Å². The Morgan fingerprint density at radius 3 is 2.39 bits per heavy atom. The second-order valence-electron chi connectivity index (χ2n) is 3.94. The first-order valence-corrected chi connectivity index (χ1v) is 7.35. The molecule has 18 heavy (non-hydrogen) atoms. The Morgan fingerprint density at radius 2 is 1.89 bits per heavy atom. The Hall–Kier alpha value is -1.11. The smallest absolute Gasteiger partial charge is 0.240 e. The Balaban J connectivity index is 2.66. The van der Waals surface area contributed by atoms with E-state index in [1.165, 1.54) is 7.05 Å². The van der Waals surface area contributed by atoms with Crippen molar-refractivity contribution in [2.75, 3.05) is 25.6 Å². The van der Waals surface area contributed by atoms with Crippen LogP contribution in [-0.4, -0.2) is 34.7 Å². The maximum absolute atomic E-state index is 11.5. The first-order valence-electron chi connectivity index (χ1n) is 5.87. The second kappa shape index (κ2) is 6.72. The van der Waals surface area contributed by atoms with Crippen LogP contribution >= 0.6 is 0 Å². The van der Waals surface area contributed by atoms with Gasteiger partial charge in [-0.25, -0.2) is 13.1 Å². The van der Waals surface area contributed by atoms with Gasteiger partial charge >= 0.3 is 0 Å². The number of hydrogen-bond donors (Lipinski definition) is 2. The number of hydrogen-bond acceptors (Lipinski definition) is 4. The largest absolute Gasteiger partial charge is 0.380 e. The minimum Gasteiger partial charge on any atom is -0.380 e. The summed E-state index contributed by atoms with van der Waals surface area (Å²) in [5.74, 6) is 0. The zero-order valence-corrected chi connectivity index (χ0v) is 11.8. The van der Waals surface area contributed by atoms with Gasteiger partial charge in [0.1, 0.15) is 0 Å². The first kappa shape index (κ1) is 14.9. The average Bonchev–Trinajstić information content (AvgIpc) is 2.37. The summed E-state index contributed by atoms with van der Waals surface area (Å²) in [5.41, 5.74) is 0.872. The summed E-state index contributed by atoms with van der Waals surface area (Å²) in [6, 6.07) is 6.80. The van der Waals surface area contributed by atoms with E-state index in [1.807, 2.05) is 13.8 Å². The van der Waals surface area contributed by atoms with E-state index in [-0.39, 0.29) is 10.9 Å². The van der Waals surface area contributed by atoms with Gasteiger partial charge in [0.05, 0.1) is 11.5 Å². The number of sulfonamides is 1. The monoisotopic (exact) mass is 272 g/mol. The normalized spacial score (nSPS) is 13.3. The van der Waals surface area contributed by atoms with Crippen molar-refractivity contribution in [2.45, 2.75) is 24.8 Å². The van der Waals surface area contributed by atoms with Gasteiger partial charge in [-0.15, -0.1) is 0 Å². The lowest BCUT2D eigenvalue weighted by molar-refractivity contribution is 0.141. The minimum atomic E-state index is -3.36. The maximum Gasteiger partial charge on any atom is 0.240 e. The van der Waals surface area contributed by atoms with Crippen molar-refractivity contribution in [3.05, 3.63) is 24.3 Å². The van der Waals surface area contributed by atoms with Crippen LogP contribution in [0.5, 0.6) is 0 Å². The Kier molecular flexibility index (Phi) is 5.58. The third-order valence-electron chi connectivity index (χ3n) is 2.42. The molecule has 5 nitrogen and oxygen atoms in total. The molecule has 1 aromatic rings. The minimum absolute atomic E-state index is 0.178.